The van der Waals surface area contributed by atoms with Gasteiger partial charge in [-0.25, -0.2) is 4.79 Å². The standard InChI is InChI=1S/C25H23Cl2NO3.ClH/c26-20-7-3-16(4-8-20)24(29)14-28-21-9-5-15-1-2-17(11-19(15)12-21)18-6-10-22(25(30)31)23(27)13-18;/h1-4,6-8,10-11,13,21,24,28-29H,5,9,12,14H2,(H,30,31);1H/t21-,24+;/m0./s1. The van der Waals surface area contributed by atoms with Gasteiger partial charge in [0, 0.05) is 17.6 Å². The van der Waals surface area contributed by atoms with Crippen molar-refractivity contribution in [3.8, 4) is 11.1 Å². The zero-order chi connectivity index (χ0) is 22.0. The van der Waals surface area contributed by atoms with Crippen molar-refractivity contribution in [3.63, 3.8) is 0 Å². The molecule has 3 aromatic rings. The Bertz CT molecular complexity index is 1100. The van der Waals surface area contributed by atoms with Gasteiger partial charge < -0.3 is 15.5 Å². The number of halogens is 3. The highest BCUT2D eigenvalue weighted by atomic mass is 35.5. The van der Waals surface area contributed by atoms with Gasteiger partial charge in [0.05, 0.1) is 16.7 Å². The highest BCUT2D eigenvalue weighted by Gasteiger charge is 2.20. The molecule has 0 radical (unpaired) electrons. The SMILES string of the molecule is Cl.O=C(O)c1ccc(-c2ccc3c(c2)C[C@@H](NC[C@@H](O)c2ccc(Cl)cc2)CC3)cc1Cl. The van der Waals surface area contributed by atoms with E-state index in [4.69, 9.17) is 23.2 Å². The molecule has 0 saturated heterocycles. The first-order chi connectivity index (χ1) is 14.9. The highest BCUT2D eigenvalue weighted by molar-refractivity contribution is 6.33. The Balaban J connectivity index is 0.00000289. The number of fused-ring (bicyclic) bond motifs is 1. The van der Waals surface area contributed by atoms with Crippen LogP contribution in [-0.2, 0) is 12.8 Å². The Morgan fingerprint density at radius 2 is 1.69 bits per heavy atom. The van der Waals surface area contributed by atoms with Crippen LogP contribution in [0, 0.1) is 0 Å². The molecule has 0 fully saturated rings. The number of nitrogens with one attached hydrogen (secondary N) is 1. The smallest absolute Gasteiger partial charge is 0.337 e. The second kappa shape index (κ2) is 10.7. The minimum absolute atomic E-state index is 0. The molecule has 1 aliphatic rings. The molecule has 0 spiro atoms. The van der Waals surface area contributed by atoms with E-state index in [1.54, 1.807) is 30.3 Å². The molecule has 7 heteroatoms. The summed E-state index contributed by atoms with van der Waals surface area (Å²) >= 11 is 12.1. The van der Waals surface area contributed by atoms with Gasteiger partial charge in [0.15, 0.2) is 0 Å². The van der Waals surface area contributed by atoms with Crippen LogP contribution in [-0.4, -0.2) is 28.8 Å². The molecule has 0 unspecified atom stereocenters. The summed E-state index contributed by atoms with van der Waals surface area (Å²) in [4.78, 5) is 11.2. The Morgan fingerprint density at radius 1 is 1.00 bits per heavy atom. The molecular formula is C25H24Cl3NO3. The van der Waals surface area contributed by atoms with Crippen LogP contribution in [0.1, 0.15) is 39.6 Å². The Kier molecular flexibility index (Phi) is 8.21. The Hall–Kier alpha value is -2.08. The Labute approximate surface area is 203 Å². The average molecular weight is 493 g/mol. The van der Waals surface area contributed by atoms with Gasteiger partial charge in [0.2, 0.25) is 0 Å². The highest BCUT2D eigenvalue weighted by Crippen LogP contribution is 2.30. The molecule has 4 rings (SSSR count). The van der Waals surface area contributed by atoms with Gasteiger partial charge in [-0.05, 0) is 71.3 Å². The fourth-order valence-electron chi connectivity index (χ4n) is 4.06. The lowest BCUT2D eigenvalue weighted by atomic mass is 9.86. The summed E-state index contributed by atoms with van der Waals surface area (Å²) in [6, 6.07) is 18.9. The predicted molar refractivity (Wildman–Crippen MR) is 131 cm³/mol. The summed E-state index contributed by atoms with van der Waals surface area (Å²) in [5, 5.41) is 24.0. The first kappa shape index (κ1) is 24.6. The molecule has 3 N–H and O–H groups in total. The van der Waals surface area contributed by atoms with E-state index in [0.717, 1.165) is 36.0 Å². The number of carboxylic acid groups (broad SMARTS) is 1. The fourth-order valence-corrected chi connectivity index (χ4v) is 4.45. The molecule has 0 saturated carbocycles. The van der Waals surface area contributed by atoms with Crippen LogP contribution in [0.5, 0.6) is 0 Å². The molecule has 0 heterocycles. The van der Waals surface area contributed by atoms with E-state index in [-0.39, 0.29) is 29.0 Å². The van der Waals surface area contributed by atoms with E-state index in [9.17, 15) is 15.0 Å². The fraction of sp³-hybridized carbons (Fsp3) is 0.240. The Morgan fingerprint density at radius 3 is 2.38 bits per heavy atom. The monoisotopic (exact) mass is 491 g/mol. The third-order valence-electron chi connectivity index (χ3n) is 5.82. The zero-order valence-electron chi connectivity index (χ0n) is 17.2. The number of hydrogen-bond acceptors (Lipinski definition) is 3. The van der Waals surface area contributed by atoms with Crippen LogP contribution in [0.2, 0.25) is 10.0 Å². The number of aliphatic hydroxyl groups is 1. The summed E-state index contributed by atoms with van der Waals surface area (Å²) in [7, 11) is 0. The van der Waals surface area contributed by atoms with Gasteiger partial charge in [0.1, 0.15) is 0 Å². The lowest BCUT2D eigenvalue weighted by Crippen LogP contribution is -2.37. The van der Waals surface area contributed by atoms with Gasteiger partial charge in [-0.2, -0.15) is 0 Å². The average Bonchev–Trinajstić information content (AvgIpc) is 2.77. The summed E-state index contributed by atoms with van der Waals surface area (Å²) < 4.78 is 0. The molecule has 168 valence electrons. The molecule has 0 aliphatic heterocycles. The van der Waals surface area contributed by atoms with E-state index in [1.807, 2.05) is 12.1 Å². The predicted octanol–water partition coefficient (Wildman–Crippen LogP) is 5.96. The second-order valence-electron chi connectivity index (χ2n) is 7.90. The number of carbonyl (C=O) groups is 1. The minimum atomic E-state index is -1.03. The number of hydrogen-bond donors (Lipinski definition) is 3. The van der Waals surface area contributed by atoms with Crippen molar-refractivity contribution >= 4 is 41.6 Å². The lowest BCUT2D eigenvalue weighted by molar-refractivity contribution is 0.0697. The molecule has 4 nitrogen and oxygen atoms in total. The maximum Gasteiger partial charge on any atom is 0.337 e. The van der Waals surface area contributed by atoms with Crippen molar-refractivity contribution in [1.82, 2.24) is 5.32 Å². The lowest BCUT2D eigenvalue weighted by Gasteiger charge is -2.27. The van der Waals surface area contributed by atoms with Crippen molar-refractivity contribution in [2.45, 2.75) is 31.4 Å². The van der Waals surface area contributed by atoms with Crippen LogP contribution in [0.25, 0.3) is 11.1 Å². The van der Waals surface area contributed by atoms with Gasteiger partial charge in [-0.15, -0.1) is 12.4 Å². The molecule has 32 heavy (non-hydrogen) atoms. The van der Waals surface area contributed by atoms with Gasteiger partial charge in [0.25, 0.3) is 0 Å². The maximum absolute atomic E-state index is 11.2. The number of aromatic carboxylic acids is 1. The molecule has 3 aromatic carbocycles. The largest absolute Gasteiger partial charge is 0.478 e. The van der Waals surface area contributed by atoms with Crippen LogP contribution in [0.3, 0.4) is 0 Å². The van der Waals surface area contributed by atoms with Crippen LogP contribution < -0.4 is 5.32 Å². The van der Waals surface area contributed by atoms with E-state index >= 15 is 0 Å². The van der Waals surface area contributed by atoms with Crippen molar-refractivity contribution in [1.29, 1.82) is 0 Å². The van der Waals surface area contributed by atoms with E-state index in [2.05, 4.69) is 23.5 Å². The maximum atomic E-state index is 11.2. The quantitative estimate of drug-likeness (QED) is 0.397. The first-order valence-corrected chi connectivity index (χ1v) is 11.0. The van der Waals surface area contributed by atoms with Crippen LogP contribution >= 0.6 is 35.6 Å². The molecule has 0 aromatic heterocycles. The third kappa shape index (κ3) is 5.64. The molecule has 2 atom stereocenters. The van der Waals surface area contributed by atoms with Gasteiger partial charge in [-0.3, -0.25) is 0 Å². The number of carboxylic acids is 1. The van der Waals surface area contributed by atoms with Crippen molar-refractivity contribution in [2.75, 3.05) is 6.54 Å². The number of rotatable bonds is 6. The second-order valence-corrected chi connectivity index (χ2v) is 8.74. The molecule has 0 amide bonds. The minimum Gasteiger partial charge on any atom is -0.478 e. The number of aryl methyl sites for hydroxylation is 1. The summed E-state index contributed by atoms with van der Waals surface area (Å²) in [5.41, 5.74) is 5.45. The van der Waals surface area contributed by atoms with E-state index < -0.39 is 12.1 Å². The van der Waals surface area contributed by atoms with Crippen LogP contribution in [0.15, 0.2) is 60.7 Å². The normalized spacial score (nSPS) is 16.0. The van der Waals surface area contributed by atoms with Crippen LogP contribution in [0.4, 0.5) is 0 Å². The summed E-state index contributed by atoms with van der Waals surface area (Å²) in [5.74, 6) is -1.03. The van der Waals surface area contributed by atoms with E-state index in [1.165, 1.54) is 11.1 Å². The van der Waals surface area contributed by atoms with Crippen molar-refractivity contribution < 1.29 is 15.0 Å². The van der Waals surface area contributed by atoms with E-state index in [0.29, 0.717) is 11.6 Å². The van der Waals surface area contributed by atoms with Crippen molar-refractivity contribution in [2.24, 2.45) is 0 Å². The topological polar surface area (TPSA) is 69.6 Å². The van der Waals surface area contributed by atoms with Crippen molar-refractivity contribution in [3.05, 3.63) is 93.0 Å². The van der Waals surface area contributed by atoms with Gasteiger partial charge in [-0.1, -0.05) is 59.6 Å². The summed E-state index contributed by atoms with van der Waals surface area (Å²) in [6.07, 6.45) is 2.28. The molecule has 1 aliphatic carbocycles. The number of benzene rings is 3. The molecule has 0 bridgehead atoms. The first-order valence-electron chi connectivity index (χ1n) is 10.2. The third-order valence-corrected chi connectivity index (χ3v) is 6.39. The summed E-state index contributed by atoms with van der Waals surface area (Å²) in [6.45, 7) is 0.480. The zero-order valence-corrected chi connectivity index (χ0v) is 19.6. The number of aliphatic hydroxyl groups excluding tert-OH is 1. The van der Waals surface area contributed by atoms with Gasteiger partial charge >= 0.3 is 5.97 Å². The molecular weight excluding hydrogens is 469 g/mol.